The summed E-state index contributed by atoms with van der Waals surface area (Å²) in [7, 11) is 3.14. The molecule has 3 aromatic rings. The van der Waals surface area contributed by atoms with E-state index in [1.165, 1.54) is 6.92 Å². The van der Waals surface area contributed by atoms with E-state index in [0.717, 1.165) is 0 Å². The van der Waals surface area contributed by atoms with Gasteiger partial charge >= 0.3 is 0 Å². The van der Waals surface area contributed by atoms with Gasteiger partial charge in [-0.1, -0.05) is 16.8 Å². The first-order valence-corrected chi connectivity index (χ1v) is 8.12. The standard InChI is InChI=1S/C18H17ClN4O3/c1-11(24)17-18(20-13-8-15(25-2)10-16(9-13)26-3)23(22-21-17)14-6-4-12(19)5-7-14/h4-10,20H,1-3H3. The molecule has 0 saturated carbocycles. The Morgan fingerprint density at radius 3 is 2.23 bits per heavy atom. The van der Waals surface area contributed by atoms with Gasteiger partial charge in [-0.15, -0.1) is 5.10 Å². The lowest BCUT2D eigenvalue weighted by atomic mass is 10.2. The third-order valence-electron chi connectivity index (χ3n) is 3.69. The molecule has 0 fully saturated rings. The normalized spacial score (nSPS) is 10.5. The third kappa shape index (κ3) is 3.62. The number of aromatic nitrogens is 3. The zero-order chi connectivity index (χ0) is 18.7. The lowest BCUT2D eigenvalue weighted by Crippen LogP contribution is -2.06. The van der Waals surface area contributed by atoms with Crippen LogP contribution < -0.4 is 14.8 Å². The van der Waals surface area contributed by atoms with Gasteiger partial charge in [0.05, 0.1) is 19.9 Å². The van der Waals surface area contributed by atoms with Gasteiger partial charge in [0.1, 0.15) is 11.5 Å². The zero-order valence-corrected chi connectivity index (χ0v) is 15.2. The minimum Gasteiger partial charge on any atom is -0.497 e. The van der Waals surface area contributed by atoms with Crippen molar-refractivity contribution in [2.75, 3.05) is 19.5 Å². The Balaban J connectivity index is 2.07. The number of hydrogen-bond donors (Lipinski definition) is 1. The van der Waals surface area contributed by atoms with Crippen molar-refractivity contribution >= 4 is 28.9 Å². The van der Waals surface area contributed by atoms with E-state index < -0.39 is 0 Å². The van der Waals surface area contributed by atoms with Crippen LogP contribution in [0.15, 0.2) is 42.5 Å². The van der Waals surface area contributed by atoms with Gasteiger partial charge in [0.25, 0.3) is 0 Å². The Hall–Kier alpha value is -3.06. The number of nitrogens with zero attached hydrogens (tertiary/aromatic N) is 3. The molecule has 3 rings (SSSR count). The highest BCUT2D eigenvalue weighted by atomic mass is 35.5. The van der Waals surface area contributed by atoms with Gasteiger partial charge in [0, 0.05) is 35.8 Å². The maximum absolute atomic E-state index is 12.0. The van der Waals surface area contributed by atoms with Crippen LogP contribution in [0.2, 0.25) is 5.02 Å². The van der Waals surface area contributed by atoms with Crippen LogP contribution in [0, 0.1) is 0 Å². The molecule has 0 bridgehead atoms. The van der Waals surface area contributed by atoms with Crippen molar-refractivity contribution in [2.24, 2.45) is 0 Å². The first kappa shape index (κ1) is 17.8. The molecule has 0 radical (unpaired) electrons. The molecule has 1 aromatic heterocycles. The molecule has 0 aliphatic rings. The molecule has 7 nitrogen and oxygen atoms in total. The van der Waals surface area contributed by atoms with Crippen LogP contribution in [-0.4, -0.2) is 35.0 Å². The molecule has 2 aromatic carbocycles. The molecule has 0 unspecified atom stereocenters. The van der Waals surface area contributed by atoms with Crippen LogP contribution >= 0.6 is 11.6 Å². The number of ether oxygens (including phenoxy) is 2. The summed E-state index contributed by atoms with van der Waals surface area (Å²) in [6.07, 6.45) is 0. The van der Waals surface area contributed by atoms with Crippen molar-refractivity contribution in [2.45, 2.75) is 6.92 Å². The Morgan fingerprint density at radius 2 is 1.69 bits per heavy atom. The highest BCUT2D eigenvalue weighted by Crippen LogP contribution is 2.30. The highest BCUT2D eigenvalue weighted by Gasteiger charge is 2.18. The van der Waals surface area contributed by atoms with Gasteiger partial charge in [-0.05, 0) is 24.3 Å². The second-order valence-electron chi connectivity index (χ2n) is 5.46. The molecule has 1 heterocycles. The molecular weight excluding hydrogens is 356 g/mol. The summed E-state index contributed by atoms with van der Waals surface area (Å²) in [6, 6.07) is 12.4. The summed E-state index contributed by atoms with van der Waals surface area (Å²) in [6.45, 7) is 1.44. The Morgan fingerprint density at radius 1 is 1.08 bits per heavy atom. The number of Topliss-reactive ketones (excluding diaryl/α,β-unsaturated/α-hetero) is 1. The van der Waals surface area contributed by atoms with Crippen LogP contribution in [0.1, 0.15) is 17.4 Å². The number of anilines is 2. The molecule has 26 heavy (non-hydrogen) atoms. The van der Waals surface area contributed by atoms with Gasteiger partial charge in [-0.3, -0.25) is 4.79 Å². The van der Waals surface area contributed by atoms with Crippen LogP contribution in [-0.2, 0) is 0 Å². The molecular formula is C18H17ClN4O3. The van der Waals surface area contributed by atoms with E-state index in [-0.39, 0.29) is 11.5 Å². The maximum Gasteiger partial charge on any atom is 0.183 e. The molecule has 0 spiro atoms. The van der Waals surface area contributed by atoms with E-state index in [4.69, 9.17) is 21.1 Å². The summed E-state index contributed by atoms with van der Waals surface area (Å²) < 4.78 is 12.1. The number of carbonyl (C=O) groups excluding carboxylic acids is 1. The van der Waals surface area contributed by atoms with Gasteiger partial charge in [0.2, 0.25) is 0 Å². The summed E-state index contributed by atoms with van der Waals surface area (Å²) in [5, 5.41) is 11.9. The fourth-order valence-electron chi connectivity index (χ4n) is 2.41. The molecule has 1 N–H and O–H groups in total. The highest BCUT2D eigenvalue weighted by molar-refractivity contribution is 6.30. The number of halogens is 1. The fraction of sp³-hybridized carbons (Fsp3) is 0.167. The number of hydrogen-bond acceptors (Lipinski definition) is 6. The van der Waals surface area contributed by atoms with Crippen molar-refractivity contribution in [3.8, 4) is 17.2 Å². The Labute approximate surface area is 155 Å². The smallest absolute Gasteiger partial charge is 0.183 e. The third-order valence-corrected chi connectivity index (χ3v) is 3.94. The van der Waals surface area contributed by atoms with E-state index in [9.17, 15) is 4.79 Å². The van der Waals surface area contributed by atoms with Crippen molar-refractivity contribution in [3.63, 3.8) is 0 Å². The number of rotatable bonds is 6. The topological polar surface area (TPSA) is 78.3 Å². The van der Waals surface area contributed by atoms with Gasteiger partial charge < -0.3 is 14.8 Å². The Kier molecular flexibility index (Phi) is 5.09. The number of carbonyl (C=O) groups is 1. The maximum atomic E-state index is 12.0. The second-order valence-corrected chi connectivity index (χ2v) is 5.89. The minimum absolute atomic E-state index is 0.206. The molecule has 0 saturated heterocycles. The van der Waals surface area contributed by atoms with Crippen molar-refractivity contribution in [1.82, 2.24) is 15.0 Å². The fourth-order valence-corrected chi connectivity index (χ4v) is 2.54. The minimum atomic E-state index is -0.206. The lowest BCUT2D eigenvalue weighted by molar-refractivity contribution is 0.101. The van der Waals surface area contributed by atoms with E-state index in [1.807, 2.05) is 0 Å². The monoisotopic (exact) mass is 372 g/mol. The second kappa shape index (κ2) is 7.45. The molecule has 0 amide bonds. The van der Waals surface area contributed by atoms with Crippen molar-refractivity contribution in [1.29, 1.82) is 0 Å². The molecule has 134 valence electrons. The van der Waals surface area contributed by atoms with E-state index in [1.54, 1.807) is 61.4 Å². The van der Waals surface area contributed by atoms with Crippen LogP contribution in [0.5, 0.6) is 11.5 Å². The van der Waals surface area contributed by atoms with E-state index in [0.29, 0.717) is 33.7 Å². The van der Waals surface area contributed by atoms with Crippen molar-refractivity contribution in [3.05, 3.63) is 53.2 Å². The largest absolute Gasteiger partial charge is 0.497 e. The summed E-state index contributed by atoms with van der Waals surface area (Å²) in [4.78, 5) is 12.0. The molecule has 0 aliphatic carbocycles. The van der Waals surface area contributed by atoms with Crippen LogP contribution in [0.4, 0.5) is 11.5 Å². The van der Waals surface area contributed by atoms with Gasteiger partial charge in [-0.25, -0.2) is 0 Å². The molecule has 0 aliphatic heterocycles. The van der Waals surface area contributed by atoms with Crippen LogP contribution in [0.3, 0.4) is 0 Å². The average Bonchev–Trinajstić information content (AvgIpc) is 3.05. The first-order valence-electron chi connectivity index (χ1n) is 7.74. The zero-order valence-electron chi connectivity index (χ0n) is 14.5. The molecule has 0 atom stereocenters. The quantitative estimate of drug-likeness (QED) is 0.661. The number of nitrogens with one attached hydrogen (secondary N) is 1. The predicted octanol–water partition coefficient (Wildman–Crippen LogP) is 3.88. The average molecular weight is 373 g/mol. The summed E-state index contributed by atoms with van der Waals surface area (Å²) in [5.74, 6) is 1.46. The van der Waals surface area contributed by atoms with Crippen molar-refractivity contribution < 1.29 is 14.3 Å². The predicted molar refractivity (Wildman–Crippen MR) is 99.2 cm³/mol. The number of ketones is 1. The number of benzene rings is 2. The number of methoxy groups -OCH3 is 2. The van der Waals surface area contributed by atoms with E-state index in [2.05, 4.69) is 15.6 Å². The first-order chi connectivity index (χ1) is 12.5. The SMILES string of the molecule is COc1cc(Nc2c(C(C)=O)nnn2-c2ccc(Cl)cc2)cc(OC)c1. The van der Waals surface area contributed by atoms with Gasteiger partial charge in [-0.2, -0.15) is 4.68 Å². The molecule has 8 heteroatoms. The van der Waals surface area contributed by atoms with E-state index >= 15 is 0 Å². The summed E-state index contributed by atoms with van der Waals surface area (Å²) in [5.41, 5.74) is 1.61. The van der Waals surface area contributed by atoms with Gasteiger partial charge in [0.15, 0.2) is 17.3 Å². The summed E-state index contributed by atoms with van der Waals surface area (Å²) >= 11 is 5.95. The van der Waals surface area contributed by atoms with Crippen LogP contribution in [0.25, 0.3) is 5.69 Å². The lowest BCUT2D eigenvalue weighted by Gasteiger charge is -2.12. The Bertz CT molecular complexity index is 916.